The number of nitrogens with one attached hydrogen (secondary N) is 1. The van der Waals surface area contributed by atoms with Gasteiger partial charge in [0.2, 0.25) is 10.0 Å². The molecule has 33 heavy (non-hydrogen) atoms. The largest absolute Gasteiger partial charge is 0.508 e. The first kappa shape index (κ1) is 26.2. The summed E-state index contributed by atoms with van der Waals surface area (Å²) in [6.07, 6.45) is 4.38. The lowest BCUT2D eigenvalue weighted by Crippen LogP contribution is -2.31. The summed E-state index contributed by atoms with van der Waals surface area (Å²) in [7, 11) is -1.66. The third kappa shape index (κ3) is 8.80. The zero-order valence-electron chi connectivity index (χ0n) is 19.2. The van der Waals surface area contributed by atoms with Crippen LogP contribution in [0.5, 0.6) is 5.75 Å². The van der Waals surface area contributed by atoms with Crippen LogP contribution in [-0.2, 0) is 23.0 Å². The second-order valence-electron chi connectivity index (χ2n) is 7.58. The number of nitrogens with two attached hydrogens (primary N) is 1. The smallest absolute Gasteiger partial charge is 0.211 e. The lowest BCUT2D eigenvalue weighted by molar-refractivity contribution is 0.405. The molecule has 0 aliphatic heterocycles. The van der Waals surface area contributed by atoms with Crippen molar-refractivity contribution < 1.29 is 13.5 Å². The molecule has 0 aliphatic rings. The zero-order valence-corrected chi connectivity index (χ0v) is 20.1. The molecule has 178 valence electrons. The average Bonchev–Trinajstić information content (AvgIpc) is 2.79. The van der Waals surface area contributed by atoms with E-state index in [1.807, 2.05) is 42.5 Å². The summed E-state index contributed by atoms with van der Waals surface area (Å²) in [5.41, 5.74) is 8.94. The number of phenolic OH excluding ortho intramolecular Hbond substituents is 1. The van der Waals surface area contributed by atoms with E-state index in [9.17, 15) is 13.5 Å². The minimum atomic E-state index is -3.35. The van der Waals surface area contributed by atoms with Crippen molar-refractivity contribution in [2.24, 2.45) is 15.7 Å². The van der Waals surface area contributed by atoms with Gasteiger partial charge in [0, 0.05) is 38.3 Å². The summed E-state index contributed by atoms with van der Waals surface area (Å²) in [5, 5.41) is 12.7. The van der Waals surface area contributed by atoms with Crippen molar-refractivity contribution in [3.63, 3.8) is 0 Å². The summed E-state index contributed by atoms with van der Waals surface area (Å²) < 4.78 is 25.7. The standard InChI is InChI=1S/C24H33N5O3S/c1-26-23(17-24(27-2)28-14-12-19-8-10-22(30)11-9-19)21-7-4-6-20(16-21)18-29(15-5-13-25)33(3,31)32/h4,6-11,16-17,30H,1,5,12-15,18,25H2,2-3H3,(H,27,28)/b23-17-. The molecule has 0 fully saturated rings. The van der Waals surface area contributed by atoms with Crippen LogP contribution in [0, 0.1) is 0 Å². The number of amidine groups is 1. The van der Waals surface area contributed by atoms with Crippen LogP contribution in [0.25, 0.3) is 5.70 Å². The van der Waals surface area contributed by atoms with E-state index in [2.05, 4.69) is 22.0 Å². The molecule has 2 aromatic rings. The van der Waals surface area contributed by atoms with E-state index >= 15 is 0 Å². The third-order valence-electron chi connectivity index (χ3n) is 5.00. The first-order valence-corrected chi connectivity index (χ1v) is 12.5. The highest BCUT2D eigenvalue weighted by atomic mass is 32.2. The van der Waals surface area contributed by atoms with Gasteiger partial charge in [-0.2, -0.15) is 4.31 Å². The van der Waals surface area contributed by atoms with E-state index in [0.717, 1.165) is 23.1 Å². The van der Waals surface area contributed by atoms with E-state index < -0.39 is 10.0 Å². The van der Waals surface area contributed by atoms with Crippen LogP contribution in [-0.4, -0.2) is 63.3 Å². The highest BCUT2D eigenvalue weighted by molar-refractivity contribution is 7.88. The summed E-state index contributed by atoms with van der Waals surface area (Å²) in [6, 6.07) is 14.7. The van der Waals surface area contributed by atoms with E-state index in [-0.39, 0.29) is 12.3 Å². The summed E-state index contributed by atoms with van der Waals surface area (Å²) in [6.45, 7) is 5.41. The Morgan fingerprint density at radius 3 is 2.55 bits per heavy atom. The van der Waals surface area contributed by atoms with Crippen molar-refractivity contribution in [1.29, 1.82) is 0 Å². The Kier molecular flexibility index (Phi) is 10.2. The maximum atomic E-state index is 12.1. The summed E-state index contributed by atoms with van der Waals surface area (Å²) >= 11 is 0. The molecule has 0 radical (unpaired) electrons. The van der Waals surface area contributed by atoms with Crippen LogP contribution >= 0.6 is 0 Å². The van der Waals surface area contributed by atoms with Gasteiger partial charge in [-0.15, -0.1) is 0 Å². The molecule has 0 atom stereocenters. The Labute approximate surface area is 196 Å². The lowest BCUT2D eigenvalue weighted by atomic mass is 10.1. The van der Waals surface area contributed by atoms with Gasteiger partial charge < -0.3 is 16.2 Å². The van der Waals surface area contributed by atoms with Gasteiger partial charge in [-0.25, -0.2) is 8.42 Å². The van der Waals surface area contributed by atoms with Crippen molar-refractivity contribution in [2.45, 2.75) is 19.4 Å². The Bertz CT molecular complexity index is 1080. The molecule has 9 heteroatoms. The molecular weight excluding hydrogens is 438 g/mol. The van der Waals surface area contributed by atoms with Crippen molar-refractivity contribution in [3.8, 4) is 5.75 Å². The fraction of sp³-hybridized carbons (Fsp3) is 0.333. The third-order valence-corrected chi connectivity index (χ3v) is 6.25. The normalized spacial score (nSPS) is 12.7. The molecule has 0 saturated carbocycles. The summed E-state index contributed by atoms with van der Waals surface area (Å²) in [4.78, 5) is 8.44. The molecule has 0 amide bonds. The number of nitrogens with zero attached hydrogens (tertiary/aromatic N) is 3. The molecule has 4 N–H and O–H groups in total. The predicted octanol–water partition coefficient (Wildman–Crippen LogP) is 2.40. The number of aliphatic imine (C=N–C) groups is 2. The second-order valence-corrected chi connectivity index (χ2v) is 9.56. The number of rotatable bonds is 12. The average molecular weight is 472 g/mol. The number of sulfonamides is 1. The fourth-order valence-electron chi connectivity index (χ4n) is 3.20. The van der Waals surface area contributed by atoms with Gasteiger partial charge in [-0.05, 0) is 55.4 Å². The highest BCUT2D eigenvalue weighted by Gasteiger charge is 2.16. The van der Waals surface area contributed by atoms with E-state index in [1.54, 1.807) is 19.2 Å². The molecule has 0 saturated heterocycles. The van der Waals surface area contributed by atoms with Crippen molar-refractivity contribution in [2.75, 3.05) is 32.9 Å². The number of hydrogen-bond donors (Lipinski definition) is 3. The monoisotopic (exact) mass is 471 g/mol. The van der Waals surface area contributed by atoms with Crippen LogP contribution in [0.2, 0.25) is 0 Å². The van der Waals surface area contributed by atoms with Crippen molar-refractivity contribution in [3.05, 3.63) is 71.3 Å². The van der Waals surface area contributed by atoms with Crippen LogP contribution in [0.4, 0.5) is 0 Å². The molecule has 0 heterocycles. The predicted molar refractivity (Wildman–Crippen MR) is 136 cm³/mol. The van der Waals surface area contributed by atoms with Gasteiger partial charge in [0.05, 0.1) is 12.0 Å². The Balaban J connectivity index is 2.12. The first-order chi connectivity index (χ1) is 15.8. The Morgan fingerprint density at radius 2 is 1.94 bits per heavy atom. The van der Waals surface area contributed by atoms with Gasteiger partial charge in [-0.3, -0.25) is 9.98 Å². The summed E-state index contributed by atoms with van der Waals surface area (Å²) in [5.74, 6) is 0.899. The van der Waals surface area contributed by atoms with Gasteiger partial charge in [0.15, 0.2) is 0 Å². The molecule has 0 bridgehead atoms. The second kappa shape index (κ2) is 12.9. The Morgan fingerprint density at radius 1 is 1.21 bits per heavy atom. The molecule has 2 rings (SSSR count). The van der Waals surface area contributed by atoms with Gasteiger partial charge in [0.25, 0.3) is 0 Å². The minimum Gasteiger partial charge on any atom is -0.508 e. The SMILES string of the molecule is C=N/C(=C\C(=N/C)NCCc1ccc(O)cc1)c1cccc(CN(CCCN)S(C)(=O)=O)c1. The maximum absolute atomic E-state index is 12.1. The van der Waals surface area contributed by atoms with Crippen LogP contribution < -0.4 is 11.1 Å². The molecule has 0 spiro atoms. The van der Waals surface area contributed by atoms with E-state index in [1.165, 1.54) is 10.6 Å². The van der Waals surface area contributed by atoms with Gasteiger partial charge in [0.1, 0.15) is 11.6 Å². The quantitative estimate of drug-likeness (QED) is 0.324. The fourth-order valence-corrected chi connectivity index (χ4v) is 4.05. The van der Waals surface area contributed by atoms with E-state index in [4.69, 9.17) is 5.73 Å². The van der Waals surface area contributed by atoms with E-state index in [0.29, 0.717) is 37.6 Å². The van der Waals surface area contributed by atoms with Gasteiger partial charge in [-0.1, -0.05) is 30.3 Å². The molecule has 0 aromatic heterocycles. The van der Waals surface area contributed by atoms with Crippen molar-refractivity contribution in [1.82, 2.24) is 9.62 Å². The topological polar surface area (TPSA) is 120 Å². The minimum absolute atomic E-state index is 0.244. The van der Waals surface area contributed by atoms with Crippen LogP contribution in [0.1, 0.15) is 23.1 Å². The maximum Gasteiger partial charge on any atom is 0.211 e. The molecule has 8 nitrogen and oxygen atoms in total. The molecule has 0 aliphatic carbocycles. The highest BCUT2D eigenvalue weighted by Crippen LogP contribution is 2.19. The van der Waals surface area contributed by atoms with Crippen molar-refractivity contribution >= 4 is 28.3 Å². The zero-order chi connectivity index (χ0) is 24.3. The van der Waals surface area contributed by atoms with Crippen LogP contribution in [0.15, 0.2) is 64.6 Å². The Hall–Kier alpha value is -3.01. The lowest BCUT2D eigenvalue weighted by Gasteiger charge is -2.20. The molecule has 0 unspecified atom stereocenters. The number of hydrogen-bond acceptors (Lipinski definition) is 6. The molecular formula is C24H33N5O3S. The number of aromatic hydroxyl groups is 1. The number of phenols is 1. The number of benzene rings is 2. The molecule has 2 aromatic carbocycles. The first-order valence-electron chi connectivity index (χ1n) is 10.7. The van der Waals surface area contributed by atoms with Crippen LogP contribution in [0.3, 0.4) is 0 Å². The van der Waals surface area contributed by atoms with Gasteiger partial charge >= 0.3 is 0 Å².